The third kappa shape index (κ3) is 4.69. The number of nitrogens with zero attached hydrogens (tertiary/aromatic N) is 3. The average molecular weight is 309 g/mol. The Balaban J connectivity index is 1.68. The Hall–Kier alpha value is -1.63. The monoisotopic (exact) mass is 309 g/mol. The zero-order chi connectivity index (χ0) is 16.2. The largest absolute Gasteiger partial charge is 0.374 e. The number of aryl methyl sites for hydroxylation is 2. The molecule has 0 spiro atoms. The van der Waals surface area contributed by atoms with Crippen LogP contribution in [-0.2, 0) is 17.7 Å². The normalized spacial score (nSPS) is 17.9. The maximum Gasteiger partial charge on any atom is 0.315 e. The van der Waals surface area contributed by atoms with Crippen molar-refractivity contribution in [3.63, 3.8) is 0 Å². The summed E-state index contributed by atoms with van der Waals surface area (Å²) < 4.78 is 7.59. The molecule has 1 aliphatic rings. The zero-order valence-electron chi connectivity index (χ0n) is 14.0. The fourth-order valence-electron chi connectivity index (χ4n) is 2.38. The second-order valence-corrected chi connectivity index (χ2v) is 6.35. The van der Waals surface area contributed by atoms with E-state index < -0.39 is 0 Å². The molecule has 0 saturated carbocycles. The molecule has 0 bridgehead atoms. The van der Waals surface area contributed by atoms with E-state index in [1.165, 1.54) is 0 Å². The molecule has 1 atom stereocenters. The van der Waals surface area contributed by atoms with Gasteiger partial charge in [-0.3, -0.25) is 0 Å². The van der Waals surface area contributed by atoms with Gasteiger partial charge in [-0.2, -0.15) is 5.10 Å². The molecule has 2 N–H and O–H groups in total. The van der Waals surface area contributed by atoms with Crippen LogP contribution in [0, 0.1) is 6.92 Å². The van der Waals surface area contributed by atoms with Crippen LogP contribution in [0.2, 0.25) is 0 Å². The molecule has 124 valence electrons. The lowest BCUT2D eigenvalue weighted by atomic mass is 10.1. The number of carbonyl (C=O) groups excluding carboxylic acids is 1. The Morgan fingerprint density at radius 2 is 2.27 bits per heavy atom. The van der Waals surface area contributed by atoms with Gasteiger partial charge in [0.25, 0.3) is 0 Å². The van der Waals surface area contributed by atoms with Crippen molar-refractivity contribution in [2.45, 2.75) is 65.1 Å². The van der Waals surface area contributed by atoms with Crippen LogP contribution < -0.4 is 10.6 Å². The molecule has 2 heterocycles. The first-order valence-corrected chi connectivity index (χ1v) is 7.98. The minimum Gasteiger partial charge on any atom is -0.374 e. The second kappa shape index (κ2) is 7.09. The molecule has 7 heteroatoms. The van der Waals surface area contributed by atoms with E-state index in [-0.39, 0.29) is 17.7 Å². The molecule has 1 aromatic rings. The molecule has 7 nitrogen and oxygen atoms in total. The van der Waals surface area contributed by atoms with E-state index in [0.29, 0.717) is 19.7 Å². The maximum atomic E-state index is 11.9. The van der Waals surface area contributed by atoms with Crippen molar-refractivity contribution < 1.29 is 9.53 Å². The fraction of sp³-hybridized carbons (Fsp3) is 0.800. The van der Waals surface area contributed by atoms with Gasteiger partial charge in [0.2, 0.25) is 0 Å². The number of hydrogen-bond donors (Lipinski definition) is 2. The Morgan fingerprint density at radius 1 is 1.50 bits per heavy atom. The van der Waals surface area contributed by atoms with E-state index in [4.69, 9.17) is 4.74 Å². The number of nitrogens with one attached hydrogen (secondary N) is 2. The van der Waals surface area contributed by atoms with Gasteiger partial charge in [0.05, 0.1) is 24.8 Å². The quantitative estimate of drug-likeness (QED) is 0.779. The number of rotatable bonds is 6. The van der Waals surface area contributed by atoms with Crippen LogP contribution in [0.4, 0.5) is 4.79 Å². The number of hydrogen-bond acceptors (Lipinski definition) is 4. The number of carbonyl (C=O) groups is 1. The molecule has 0 aliphatic carbocycles. The molecule has 1 unspecified atom stereocenters. The van der Waals surface area contributed by atoms with Gasteiger partial charge in [0.15, 0.2) is 0 Å². The first kappa shape index (κ1) is 16.7. The maximum absolute atomic E-state index is 11.9. The molecule has 0 aromatic carbocycles. The highest BCUT2D eigenvalue weighted by atomic mass is 16.5. The van der Waals surface area contributed by atoms with Gasteiger partial charge in [-0.1, -0.05) is 6.92 Å². The summed E-state index contributed by atoms with van der Waals surface area (Å²) in [6.07, 6.45) is 2.69. The molecule has 22 heavy (non-hydrogen) atoms. The molecule has 1 aromatic heterocycles. The van der Waals surface area contributed by atoms with Crippen LogP contribution >= 0.6 is 0 Å². The Kier molecular flexibility index (Phi) is 5.39. The van der Waals surface area contributed by atoms with Crippen molar-refractivity contribution in [2.24, 2.45) is 0 Å². The van der Waals surface area contributed by atoms with Gasteiger partial charge in [-0.15, -0.1) is 0 Å². The first-order chi connectivity index (χ1) is 10.4. The van der Waals surface area contributed by atoms with Gasteiger partial charge in [-0.25, -0.2) is 14.5 Å². The smallest absolute Gasteiger partial charge is 0.315 e. The summed E-state index contributed by atoms with van der Waals surface area (Å²) in [6, 6.07) is -0.0511. The summed E-state index contributed by atoms with van der Waals surface area (Å²) in [5, 5.41) is 10.2. The van der Waals surface area contributed by atoms with Gasteiger partial charge in [-0.05, 0) is 33.6 Å². The molecule has 0 fully saturated rings. The highest BCUT2D eigenvalue weighted by Crippen LogP contribution is 2.13. The summed E-state index contributed by atoms with van der Waals surface area (Å²) in [4.78, 5) is 16.3. The van der Waals surface area contributed by atoms with Gasteiger partial charge < -0.3 is 15.4 Å². The van der Waals surface area contributed by atoms with E-state index in [1.54, 1.807) is 0 Å². The van der Waals surface area contributed by atoms with Crippen LogP contribution in [0.25, 0.3) is 0 Å². The molecule has 0 radical (unpaired) electrons. The molecule has 2 rings (SSSR count). The Bertz CT molecular complexity index is 512. The fourth-order valence-corrected chi connectivity index (χ4v) is 2.38. The second-order valence-electron chi connectivity index (χ2n) is 6.35. The van der Waals surface area contributed by atoms with Crippen LogP contribution in [0.1, 0.15) is 45.3 Å². The summed E-state index contributed by atoms with van der Waals surface area (Å²) in [5.74, 6) is 1.79. The van der Waals surface area contributed by atoms with E-state index in [2.05, 4.69) is 27.6 Å². The SMILES string of the molecule is CCC(C)(C)OCCNC(=O)NC1CCc2nc(C)nn2C1. The predicted octanol–water partition coefficient (Wildman–Crippen LogP) is 1.41. The van der Waals surface area contributed by atoms with Crippen molar-refractivity contribution >= 4 is 6.03 Å². The van der Waals surface area contributed by atoms with Gasteiger partial charge in [0.1, 0.15) is 11.6 Å². The molecule has 2 amide bonds. The minimum absolute atomic E-state index is 0.0987. The standard InChI is InChI=1S/C15H27N5O2/c1-5-15(3,4)22-9-8-16-14(21)18-12-6-7-13-17-11(2)19-20(13)10-12/h12H,5-10H2,1-4H3,(H2,16,18,21). The molecular weight excluding hydrogens is 282 g/mol. The van der Waals surface area contributed by atoms with Crippen molar-refractivity contribution in [1.82, 2.24) is 25.4 Å². The number of ether oxygens (including phenoxy) is 1. The third-order valence-electron chi connectivity index (χ3n) is 4.03. The summed E-state index contributed by atoms with van der Waals surface area (Å²) in [5.41, 5.74) is -0.136. The molecule has 1 aliphatic heterocycles. The van der Waals surface area contributed by atoms with E-state index >= 15 is 0 Å². The predicted molar refractivity (Wildman–Crippen MR) is 83.7 cm³/mol. The van der Waals surface area contributed by atoms with Crippen LogP contribution in [-0.4, -0.2) is 45.6 Å². The zero-order valence-corrected chi connectivity index (χ0v) is 14.0. The number of fused-ring (bicyclic) bond motifs is 1. The van der Waals surface area contributed by atoms with Gasteiger partial charge in [0, 0.05) is 13.0 Å². The minimum atomic E-state index is -0.150. The van der Waals surface area contributed by atoms with Crippen molar-refractivity contribution in [2.75, 3.05) is 13.2 Å². The average Bonchev–Trinajstić information content (AvgIpc) is 2.83. The van der Waals surface area contributed by atoms with E-state index in [1.807, 2.05) is 25.5 Å². The van der Waals surface area contributed by atoms with Gasteiger partial charge >= 0.3 is 6.03 Å². The summed E-state index contributed by atoms with van der Waals surface area (Å²) in [7, 11) is 0. The number of aromatic nitrogens is 3. The topological polar surface area (TPSA) is 81.1 Å². The first-order valence-electron chi connectivity index (χ1n) is 7.98. The van der Waals surface area contributed by atoms with Crippen LogP contribution in [0.15, 0.2) is 0 Å². The van der Waals surface area contributed by atoms with Crippen LogP contribution in [0.5, 0.6) is 0 Å². The Labute approximate surface area is 131 Å². The Morgan fingerprint density at radius 3 is 3.00 bits per heavy atom. The number of urea groups is 1. The van der Waals surface area contributed by atoms with Crippen LogP contribution in [0.3, 0.4) is 0 Å². The van der Waals surface area contributed by atoms with E-state index in [9.17, 15) is 4.79 Å². The lowest BCUT2D eigenvalue weighted by Gasteiger charge is -2.25. The summed E-state index contributed by atoms with van der Waals surface area (Å²) in [6.45, 7) is 9.78. The lowest BCUT2D eigenvalue weighted by molar-refractivity contribution is -0.0173. The third-order valence-corrected chi connectivity index (χ3v) is 4.03. The van der Waals surface area contributed by atoms with E-state index in [0.717, 1.165) is 30.9 Å². The molecular formula is C15H27N5O2. The van der Waals surface area contributed by atoms with Crippen molar-refractivity contribution in [3.8, 4) is 0 Å². The summed E-state index contributed by atoms with van der Waals surface area (Å²) >= 11 is 0. The van der Waals surface area contributed by atoms with Crippen molar-refractivity contribution in [3.05, 3.63) is 11.6 Å². The molecule has 0 saturated heterocycles. The lowest BCUT2D eigenvalue weighted by Crippen LogP contribution is -2.47. The number of amides is 2. The highest BCUT2D eigenvalue weighted by molar-refractivity contribution is 5.74. The van der Waals surface area contributed by atoms with Crippen molar-refractivity contribution in [1.29, 1.82) is 0 Å². The highest BCUT2D eigenvalue weighted by Gasteiger charge is 2.22.